The number of ketones is 2. The number of carboxylic acid groups (broad SMARTS) is 1. The number of hydrogen-bond acceptors (Lipinski definition) is 11. The third-order valence-corrected chi connectivity index (χ3v) is 6.23. The van der Waals surface area contributed by atoms with Crippen molar-refractivity contribution in [2.45, 2.75) is 35.7 Å². The van der Waals surface area contributed by atoms with Crippen LogP contribution in [0.15, 0.2) is 48.6 Å². The van der Waals surface area contributed by atoms with Crippen LogP contribution < -0.4 is 0 Å². The molecule has 0 amide bonds. The van der Waals surface area contributed by atoms with Gasteiger partial charge in [0.1, 0.15) is 0 Å². The number of carbonyl (C=O) groups is 3. The number of hydrogen-bond donors (Lipinski definition) is 9. The second kappa shape index (κ2) is 9.67. The lowest BCUT2D eigenvalue weighted by molar-refractivity contribution is -0.243. The molecule has 2 unspecified atom stereocenters. The lowest BCUT2D eigenvalue weighted by Gasteiger charge is -2.50. The average molecular weight is 516 g/mol. The summed E-state index contributed by atoms with van der Waals surface area (Å²) < 4.78 is 0. The fourth-order valence-electron chi connectivity index (χ4n) is 4.08. The zero-order valence-corrected chi connectivity index (χ0v) is 19.0. The standard InChI is InChI=1S/C25H24O12/c26-15-5-1-13(9-17(15)28)3-7-19(30)24(36)12-23(35,22(33)34)11-21(32)25(24,37)20(31)8-4-14-2-6-16(27)18(29)10-14/h1-10,21,26-29,32,35-37H,11-12H2,(H,33,34)/b7-3+,8-4+/t21-,23?,24+,25?/m1/s1. The van der Waals surface area contributed by atoms with E-state index in [1.807, 2.05) is 0 Å². The third-order valence-electron chi connectivity index (χ3n) is 6.23. The molecule has 1 aliphatic carbocycles. The first kappa shape index (κ1) is 27.4. The van der Waals surface area contributed by atoms with Gasteiger partial charge in [-0.05, 0) is 47.5 Å². The number of carbonyl (C=O) groups excluding carboxylic acids is 2. The van der Waals surface area contributed by atoms with Crippen LogP contribution in [0.4, 0.5) is 0 Å². The Balaban J connectivity index is 2.04. The van der Waals surface area contributed by atoms with Gasteiger partial charge in [-0.25, -0.2) is 4.79 Å². The van der Waals surface area contributed by atoms with Crippen molar-refractivity contribution in [3.05, 3.63) is 59.7 Å². The Morgan fingerprint density at radius 2 is 1.22 bits per heavy atom. The molecule has 0 aliphatic heterocycles. The molecule has 0 spiro atoms. The molecule has 1 fully saturated rings. The Morgan fingerprint density at radius 1 is 0.757 bits per heavy atom. The molecule has 0 saturated heterocycles. The van der Waals surface area contributed by atoms with Gasteiger partial charge in [-0.3, -0.25) is 9.59 Å². The highest BCUT2D eigenvalue weighted by atomic mass is 16.4. The van der Waals surface area contributed by atoms with Crippen molar-refractivity contribution in [2.75, 3.05) is 0 Å². The Hall–Kier alpha value is -4.23. The summed E-state index contributed by atoms with van der Waals surface area (Å²) >= 11 is 0. The molecule has 0 radical (unpaired) electrons. The number of aliphatic hydroxyl groups excluding tert-OH is 1. The molecule has 196 valence electrons. The van der Waals surface area contributed by atoms with Crippen molar-refractivity contribution in [2.24, 2.45) is 0 Å². The predicted molar refractivity (Wildman–Crippen MR) is 125 cm³/mol. The predicted octanol–water partition coefficient (Wildman–Crippen LogP) is -0.194. The lowest BCUT2D eigenvalue weighted by Crippen LogP contribution is -2.75. The van der Waals surface area contributed by atoms with E-state index >= 15 is 0 Å². The first-order chi connectivity index (χ1) is 17.1. The maximum atomic E-state index is 13.1. The van der Waals surface area contributed by atoms with E-state index in [9.17, 15) is 60.3 Å². The summed E-state index contributed by atoms with van der Waals surface area (Å²) in [5, 5.41) is 91.0. The van der Waals surface area contributed by atoms with Gasteiger partial charge in [0.25, 0.3) is 0 Å². The monoisotopic (exact) mass is 516 g/mol. The molecule has 0 heterocycles. The molecule has 3 rings (SSSR count). The van der Waals surface area contributed by atoms with E-state index in [1.54, 1.807) is 0 Å². The average Bonchev–Trinajstić information content (AvgIpc) is 2.83. The van der Waals surface area contributed by atoms with Crippen LogP contribution >= 0.6 is 0 Å². The fraction of sp³-hybridized carbons (Fsp3) is 0.240. The SMILES string of the molecule is O=C(O)C1(O)C[C@@H](O)C(O)(C(=O)/C=C/c2ccc(O)c(O)c2)[C@@](O)(C(=O)/C=C/c2ccc(O)c(O)c2)C1. The molecule has 12 heteroatoms. The van der Waals surface area contributed by atoms with Crippen molar-refractivity contribution >= 4 is 29.7 Å². The fourth-order valence-corrected chi connectivity index (χ4v) is 4.08. The minimum Gasteiger partial charge on any atom is -0.504 e. The van der Waals surface area contributed by atoms with Crippen LogP contribution in [0.1, 0.15) is 24.0 Å². The summed E-state index contributed by atoms with van der Waals surface area (Å²) in [5.41, 5.74) is -9.29. The summed E-state index contributed by atoms with van der Waals surface area (Å²) in [6.45, 7) is 0. The third kappa shape index (κ3) is 4.90. The Kier molecular flexibility index (Phi) is 7.15. The van der Waals surface area contributed by atoms with E-state index in [2.05, 4.69) is 0 Å². The van der Waals surface area contributed by atoms with Crippen molar-refractivity contribution in [3.8, 4) is 23.0 Å². The maximum Gasteiger partial charge on any atom is 0.335 e. The van der Waals surface area contributed by atoms with Crippen LogP contribution in [0.5, 0.6) is 23.0 Å². The zero-order valence-electron chi connectivity index (χ0n) is 19.0. The normalized spacial score (nSPS) is 27.9. The Bertz CT molecular complexity index is 1310. The van der Waals surface area contributed by atoms with Gasteiger partial charge in [-0.2, -0.15) is 0 Å². The lowest BCUT2D eigenvalue weighted by atomic mass is 9.60. The van der Waals surface area contributed by atoms with Gasteiger partial charge in [-0.15, -0.1) is 0 Å². The maximum absolute atomic E-state index is 13.1. The van der Waals surface area contributed by atoms with Crippen LogP contribution in [0.25, 0.3) is 12.2 Å². The number of carboxylic acids is 1. The molecule has 1 saturated carbocycles. The summed E-state index contributed by atoms with van der Waals surface area (Å²) in [5.74, 6) is -6.79. The largest absolute Gasteiger partial charge is 0.504 e. The second-order valence-electron chi connectivity index (χ2n) is 8.75. The first-order valence-corrected chi connectivity index (χ1v) is 10.7. The van der Waals surface area contributed by atoms with Crippen molar-refractivity contribution < 1.29 is 60.3 Å². The molecule has 4 atom stereocenters. The van der Waals surface area contributed by atoms with E-state index in [1.165, 1.54) is 12.1 Å². The Labute approximate surface area is 208 Å². The molecular weight excluding hydrogens is 492 g/mol. The summed E-state index contributed by atoms with van der Waals surface area (Å²) in [6.07, 6.45) is -1.54. The van der Waals surface area contributed by atoms with Gasteiger partial charge in [0, 0.05) is 12.8 Å². The van der Waals surface area contributed by atoms with Crippen LogP contribution in [0, 0.1) is 0 Å². The molecule has 0 bridgehead atoms. The zero-order chi connectivity index (χ0) is 27.8. The van der Waals surface area contributed by atoms with E-state index in [-0.39, 0.29) is 11.1 Å². The highest BCUT2D eigenvalue weighted by Crippen LogP contribution is 2.45. The first-order valence-electron chi connectivity index (χ1n) is 10.7. The number of phenols is 4. The van der Waals surface area contributed by atoms with E-state index < -0.39 is 76.3 Å². The molecule has 1 aliphatic rings. The van der Waals surface area contributed by atoms with Crippen LogP contribution in [-0.4, -0.2) is 86.4 Å². The number of rotatable bonds is 7. The number of aromatic hydroxyl groups is 4. The van der Waals surface area contributed by atoms with E-state index in [0.29, 0.717) is 12.2 Å². The highest BCUT2D eigenvalue weighted by Gasteiger charge is 2.69. The van der Waals surface area contributed by atoms with Gasteiger partial charge >= 0.3 is 5.97 Å². The topological polar surface area (TPSA) is 233 Å². The minimum atomic E-state index is -3.34. The van der Waals surface area contributed by atoms with Crippen molar-refractivity contribution in [1.29, 1.82) is 0 Å². The van der Waals surface area contributed by atoms with Gasteiger partial charge in [0.15, 0.2) is 51.4 Å². The molecule has 2 aromatic carbocycles. The number of aliphatic hydroxyl groups is 4. The summed E-state index contributed by atoms with van der Waals surface area (Å²) in [7, 11) is 0. The smallest absolute Gasteiger partial charge is 0.335 e. The highest BCUT2D eigenvalue weighted by molar-refractivity contribution is 6.11. The summed E-state index contributed by atoms with van der Waals surface area (Å²) in [4.78, 5) is 37.8. The van der Waals surface area contributed by atoms with Crippen LogP contribution in [0.2, 0.25) is 0 Å². The molecule has 12 nitrogen and oxygen atoms in total. The van der Waals surface area contributed by atoms with Crippen molar-refractivity contribution in [3.63, 3.8) is 0 Å². The van der Waals surface area contributed by atoms with Crippen LogP contribution in [0.3, 0.4) is 0 Å². The van der Waals surface area contributed by atoms with Crippen molar-refractivity contribution in [1.82, 2.24) is 0 Å². The molecule has 9 N–H and O–H groups in total. The van der Waals surface area contributed by atoms with E-state index in [4.69, 9.17) is 0 Å². The minimum absolute atomic E-state index is 0.124. The summed E-state index contributed by atoms with van der Waals surface area (Å²) in [6, 6.07) is 6.82. The van der Waals surface area contributed by atoms with E-state index in [0.717, 1.165) is 36.4 Å². The molecule has 0 aromatic heterocycles. The van der Waals surface area contributed by atoms with Gasteiger partial charge in [0.2, 0.25) is 0 Å². The van der Waals surface area contributed by atoms with Gasteiger partial charge < -0.3 is 46.0 Å². The number of phenolic OH excluding ortho intramolecular Hbond substituents is 4. The molecule has 2 aromatic rings. The Morgan fingerprint density at radius 3 is 1.65 bits per heavy atom. The number of aliphatic carboxylic acids is 1. The van der Waals surface area contributed by atoms with Gasteiger partial charge in [0.05, 0.1) is 6.10 Å². The number of benzene rings is 2. The molecular formula is C25H24O12. The van der Waals surface area contributed by atoms with Gasteiger partial charge in [-0.1, -0.05) is 24.3 Å². The second-order valence-corrected chi connectivity index (χ2v) is 8.75. The quantitative estimate of drug-likeness (QED) is 0.172. The van der Waals surface area contributed by atoms with Crippen LogP contribution in [-0.2, 0) is 14.4 Å². The molecule has 37 heavy (non-hydrogen) atoms.